The van der Waals surface area contributed by atoms with E-state index in [2.05, 4.69) is 10.3 Å². The molecular weight excluding hydrogens is 330 g/mol. The van der Waals surface area contributed by atoms with E-state index in [1.165, 1.54) is 11.8 Å². The summed E-state index contributed by atoms with van der Waals surface area (Å²) < 4.78 is 5.85. The lowest BCUT2D eigenvalue weighted by Gasteiger charge is -2.38. The Bertz CT molecular complexity index is 837. The SMILES string of the molecule is CCCN1C(=O)[C@@](C)(C(=O)Nc2ccccc2CC)Oc2cccnc21. The van der Waals surface area contributed by atoms with Crippen molar-refractivity contribution in [2.75, 3.05) is 16.8 Å². The number of carbonyl (C=O) groups excluding carboxylic acids is 2. The lowest BCUT2D eigenvalue weighted by atomic mass is 10.00. The van der Waals surface area contributed by atoms with E-state index in [0.717, 1.165) is 18.4 Å². The summed E-state index contributed by atoms with van der Waals surface area (Å²) in [5.41, 5.74) is 0.0447. The van der Waals surface area contributed by atoms with Gasteiger partial charge in [0.1, 0.15) is 0 Å². The molecule has 0 fully saturated rings. The van der Waals surface area contributed by atoms with Crippen molar-refractivity contribution in [3.8, 4) is 5.75 Å². The zero-order valence-electron chi connectivity index (χ0n) is 15.3. The third kappa shape index (κ3) is 3.03. The zero-order valence-corrected chi connectivity index (χ0v) is 15.3. The Morgan fingerprint density at radius 3 is 2.73 bits per heavy atom. The number of amides is 2. The molecule has 1 aromatic carbocycles. The van der Waals surface area contributed by atoms with Crippen molar-refractivity contribution >= 4 is 23.3 Å². The maximum Gasteiger partial charge on any atom is 0.282 e. The number of ether oxygens (including phenoxy) is 1. The van der Waals surface area contributed by atoms with Gasteiger partial charge in [-0.05, 0) is 43.5 Å². The number of para-hydroxylation sites is 1. The average molecular weight is 353 g/mol. The molecule has 1 aliphatic heterocycles. The van der Waals surface area contributed by atoms with Gasteiger partial charge in [0.25, 0.3) is 17.4 Å². The monoisotopic (exact) mass is 353 g/mol. The fraction of sp³-hybridized carbons (Fsp3) is 0.350. The van der Waals surface area contributed by atoms with Crippen molar-refractivity contribution < 1.29 is 14.3 Å². The molecule has 0 spiro atoms. The van der Waals surface area contributed by atoms with Crippen LogP contribution in [0.2, 0.25) is 0 Å². The molecule has 0 aliphatic carbocycles. The molecule has 1 N–H and O–H groups in total. The van der Waals surface area contributed by atoms with Crippen LogP contribution in [-0.4, -0.2) is 28.9 Å². The first-order chi connectivity index (χ1) is 12.5. The number of aryl methyl sites for hydroxylation is 1. The maximum absolute atomic E-state index is 13.1. The summed E-state index contributed by atoms with van der Waals surface area (Å²) in [6.45, 7) is 5.97. The van der Waals surface area contributed by atoms with E-state index >= 15 is 0 Å². The first-order valence-corrected chi connectivity index (χ1v) is 8.86. The number of aromatic nitrogens is 1. The average Bonchev–Trinajstić information content (AvgIpc) is 2.66. The van der Waals surface area contributed by atoms with Gasteiger partial charge >= 0.3 is 0 Å². The summed E-state index contributed by atoms with van der Waals surface area (Å²) in [4.78, 5) is 31.9. The highest BCUT2D eigenvalue weighted by atomic mass is 16.5. The van der Waals surface area contributed by atoms with Crippen molar-refractivity contribution in [3.63, 3.8) is 0 Å². The van der Waals surface area contributed by atoms with Gasteiger partial charge in [-0.3, -0.25) is 14.5 Å². The Labute approximate surface area is 153 Å². The first kappa shape index (κ1) is 17.9. The highest BCUT2D eigenvalue weighted by Crippen LogP contribution is 2.36. The van der Waals surface area contributed by atoms with Crippen molar-refractivity contribution in [2.45, 2.75) is 39.2 Å². The summed E-state index contributed by atoms with van der Waals surface area (Å²) in [5, 5.41) is 2.86. The van der Waals surface area contributed by atoms with Crippen LogP contribution in [0.25, 0.3) is 0 Å². The van der Waals surface area contributed by atoms with Gasteiger partial charge in [0.05, 0.1) is 0 Å². The van der Waals surface area contributed by atoms with Crippen LogP contribution in [0.1, 0.15) is 32.8 Å². The molecule has 6 heteroatoms. The number of rotatable bonds is 5. The van der Waals surface area contributed by atoms with Gasteiger partial charge in [0, 0.05) is 18.4 Å². The lowest BCUT2D eigenvalue weighted by Crippen LogP contribution is -2.61. The fourth-order valence-electron chi connectivity index (χ4n) is 3.05. The van der Waals surface area contributed by atoms with Gasteiger partial charge in [0.2, 0.25) is 0 Å². The second-order valence-corrected chi connectivity index (χ2v) is 6.38. The molecule has 0 radical (unpaired) electrons. The predicted octanol–water partition coefficient (Wildman–Crippen LogP) is 3.18. The number of carbonyl (C=O) groups is 2. The Hall–Kier alpha value is -2.89. The molecule has 6 nitrogen and oxygen atoms in total. The smallest absolute Gasteiger partial charge is 0.282 e. The molecule has 2 heterocycles. The van der Waals surface area contributed by atoms with E-state index in [0.29, 0.717) is 23.8 Å². The van der Waals surface area contributed by atoms with Crippen molar-refractivity contribution in [2.24, 2.45) is 0 Å². The van der Waals surface area contributed by atoms with Crippen molar-refractivity contribution in [3.05, 3.63) is 48.2 Å². The molecule has 0 unspecified atom stereocenters. The second-order valence-electron chi connectivity index (χ2n) is 6.38. The van der Waals surface area contributed by atoms with Gasteiger partial charge in [-0.15, -0.1) is 0 Å². The van der Waals surface area contributed by atoms with Gasteiger partial charge in [0.15, 0.2) is 11.6 Å². The number of hydrogen-bond donors (Lipinski definition) is 1. The second kappa shape index (κ2) is 7.15. The first-order valence-electron chi connectivity index (χ1n) is 8.86. The summed E-state index contributed by atoms with van der Waals surface area (Å²) in [5.74, 6) is -0.00315. The molecule has 26 heavy (non-hydrogen) atoms. The number of pyridine rings is 1. The topological polar surface area (TPSA) is 71.5 Å². The molecule has 2 aromatic rings. The van der Waals surface area contributed by atoms with Crippen LogP contribution >= 0.6 is 0 Å². The maximum atomic E-state index is 13.1. The molecule has 0 bridgehead atoms. The molecule has 0 saturated carbocycles. The minimum absolute atomic E-state index is 0.406. The van der Waals surface area contributed by atoms with Gasteiger partial charge in [-0.1, -0.05) is 32.0 Å². The predicted molar refractivity (Wildman–Crippen MR) is 100 cm³/mol. The normalized spacial score (nSPS) is 18.9. The Morgan fingerprint density at radius 2 is 2.00 bits per heavy atom. The number of fused-ring (bicyclic) bond motifs is 1. The Balaban J connectivity index is 1.95. The largest absolute Gasteiger partial charge is 0.464 e. The highest BCUT2D eigenvalue weighted by molar-refractivity contribution is 6.19. The molecule has 3 rings (SSSR count). The van der Waals surface area contributed by atoms with Crippen LogP contribution in [0.5, 0.6) is 5.75 Å². The van der Waals surface area contributed by atoms with Crippen LogP contribution < -0.4 is 15.0 Å². The fourth-order valence-corrected chi connectivity index (χ4v) is 3.05. The molecule has 1 aliphatic rings. The number of nitrogens with one attached hydrogen (secondary N) is 1. The van der Waals surface area contributed by atoms with Crippen LogP contribution in [0.4, 0.5) is 11.5 Å². The summed E-state index contributed by atoms with van der Waals surface area (Å²) in [6, 6.07) is 11.0. The minimum Gasteiger partial charge on any atom is -0.464 e. The standard InChI is InChI=1S/C20H23N3O3/c1-4-13-23-17-16(11-8-12-21-17)26-20(3,19(23)25)18(24)22-15-10-7-6-9-14(15)5-2/h6-12H,4-5,13H2,1-3H3,(H,22,24)/t20-/m1/s1. The molecule has 1 atom stereocenters. The minimum atomic E-state index is -1.65. The summed E-state index contributed by atoms with van der Waals surface area (Å²) in [6.07, 6.45) is 3.13. The van der Waals surface area contributed by atoms with Crippen LogP contribution in [-0.2, 0) is 16.0 Å². The molecule has 2 amide bonds. The molecule has 136 valence electrons. The summed E-state index contributed by atoms with van der Waals surface area (Å²) >= 11 is 0. The van der Waals surface area contributed by atoms with E-state index in [1.54, 1.807) is 18.3 Å². The van der Waals surface area contributed by atoms with E-state index < -0.39 is 17.4 Å². The number of anilines is 2. The van der Waals surface area contributed by atoms with Crippen molar-refractivity contribution in [1.29, 1.82) is 0 Å². The van der Waals surface area contributed by atoms with Gasteiger partial charge < -0.3 is 10.1 Å². The van der Waals surface area contributed by atoms with Gasteiger partial charge in [-0.2, -0.15) is 0 Å². The Morgan fingerprint density at radius 1 is 1.23 bits per heavy atom. The highest BCUT2D eigenvalue weighted by Gasteiger charge is 2.51. The third-order valence-corrected chi connectivity index (χ3v) is 4.50. The van der Waals surface area contributed by atoms with E-state index in [4.69, 9.17) is 4.74 Å². The number of hydrogen-bond acceptors (Lipinski definition) is 4. The molecule has 1 aromatic heterocycles. The van der Waals surface area contributed by atoms with Crippen LogP contribution in [0, 0.1) is 0 Å². The van der Waals surface area contributed by atoms with Crippen LogP contribution in [0.3, 0.4) is 0 Å². The van der Waals surface area contributed by atoms with Gasteiger partial charge in [-0.25, -0.2) is 4.98 Å². The van der Waals surface area contributed by atoms with Crippen molar-refractivity contribution in [1.82, 2.24) is 4.98 Å². The number of benzene rings is 1. The Kier molecular flexibility index (Phi) is 4.93. The summed E-state index contributed by atoms with van der Waals surface area (Å²) in [7, 11) is 0. The van der Waals surface area contributed by atoms with E-state index in [-0.39, 0.29) is 0 Å². The lowest BCUT2D eigenvalue weighted by molar-refractivity contribution is -0.145. The third-order valence-electron chi connectivity index (χ3n) is 4.50. The molecule has 0 saturated heterocycles. The zero-order chi connectivity index (χ0) is 18.7. The van der Waals surface area contributed by atoms with E-state index in [1.807, 2.05) is 38.1 Å². The molecular formula is C20H23N3O3. The number of nitrogens with zero attached hydrogens (tertiary/aromatic N) is 2. The van der Waals surface area contributed by atoms with E-state index in [9.17, 15) is 9.59 Å². The quantitative estimate of drug-likeness (QED) is 0.838. The van der Waals surface area contributed by atoms with Crippen LogP contribution in [0.15, 0.2) is 42.6 Å².